The molecule has 0 atom stereocenters. The van der Waals surface area contributed by atoms with Gasteiger partial charge in [-0.2, -0.15) is 4.98 Å². The lowest BCUT2D eigenvalue weighted by molar-refractivity contribution is 0.562. The highest BCUT2D eigenvalue weighted by Crippen LogP contribution is 2.34. The van der Waals surface area contributed by atoms with Gasteiger partial charge in [-0.1, -0.05) is 20.8 Å². The van der Waals surface area contributed by atoms with Gasteiger partial charge in [-0.05, 0) is 36.7 Å². The van der Waals surface area contributed by atoms with Crippen molar-refractivity contribution in [3.63, 3.8) is 0 Å². The molecule has 1 rings (SSSR count). The zero-order valence-corrected chi connectivity index (χ0v) is 14.4. The van der Waals surface area contributed by atoms with Crippen molar-refractivity contribution in [1.29, 1.82) is 0 Å². The number of hydrogen-bond acceptors (Lipinski definition) is 4. The quantitative estimate of drug-likeness (QED) is 0.892. The Morgan fingerprint density at radius 2 is 1.68 bits per heavy atom. The van der Waals surface area contributed by atoms with Crippen LogP contribution in [-0.2, 0) is 5.41 Å². The first kappa shape index (κ1) is 16.2. The molecule has 0 unspecified atom stereocenters. The molecular formula is C14H25BrN4. The summed E-state index contributed by atoms with van der Waals surface area (Å²) in [6.45, 7) is 15.5. The Hall–Kier alpha value is -0.840. The molecule has 5 heteroatoms. The lowest BCUT2D eigenvalue weighted by Crippen LogP contribution is -2.27. The molecule has 1 heterocycles. The molecule has 19 heavy (non-hydrogen) atoms. The van der Waals surface area contributed by atoms with Gasteiger partial charge in [-0.3, -0.25) is 0 Å². The summed E-state index contributed by atoms with van der Waals surface area (Å²) in [5, 5.41) is 3.31. The summed E-state index contributed by atoms with van der Waals surface area (Å²) >= 11 is 3.64. The van der Waals surface area contributed by atoms with E-state index in [-0.39, 0.29) is 5.41 Å². The summed E-state index contributed by atoms with van der Waals surface area (Å²) < 4.78 is 0.970. The molecular weight excluding hydrogens is 304 g/mol. The Bertz CT molecular complexity index is 422. The molecule has 1 aromatic heterocycles. The number of aromatic nitrogens is 2. The van der Waals surface area contributed by atoms with Gasteiger partial charge in [0.1, 0.15) is 5.82 Å². The van der Waals surface area contributed by atoms with Gasteiger partial charge in [-0.15, -0.1) is 0 Å². The van der Waals surface area contributed by atoms with Crippen LogP contribution in [0.1, 0.15) is 47.2 Å². The standard InChI is InChI=1S/C14H25BrN4/c1-7-16-12-10(15)11(14(4,5)6)17-13(18-12)19(8-2)9-3/h7-9H2,1-6H3,(H,16,17,18). The van der Waals surface area contributed by atoms with E-state index in [0.717, 1.165) is 41.6 Å². The zero-order valence-electron chi connectivity index (χ0n) is 12.8. The molecule has 108 valence electrons. The van der Waals surface area contributed by atoms with Crippen LogP contribution in [0.15, 0.2) is 4.47 Å². The van der Waals surface area contributed by atoms with Crippen LogP contribution in [-0.4, -0.2) is 29.6 Å². The van der Waals surface area contributed by atoms with Crippen molar-refractivity contribution in [3.05, 3.63) is 10.2 Å². The minimum Gasteiger partial charge on any atom is -0.369 e. The zero-order chi connectivity index (χ0) is 14.6. The van der Waals surface area contributed by atoms with Crippen molar-refractivity contribution < 1.29 is 0 Å². The number of nitrogens with one attached hydrogen (secondary N) is 1. The van der Waals surface area contributed by atoms with E-state index >= 15 is 0 Å². The van der Waals surface area contributed by atoms with Crippen molar-refractivity contribution >= 4 is 27.7 Å². The average molecular weight is 329 g/mol. The van der Waals surface area contributed by atoms with Crippen molar-refractivity contribution in [1.82, 2.24) is 9.97 Å². The SMILES string of the molecule is CCNc1nc(N(CC)CC)nc(C(C)(C)C)c1Br. The molecule has 4 nitrogen and oxygen atoms in total. The topological polar surface area (TPSA) is 41.1 Å². The summed E-state index contributed by atoms with van der Waals surface area (Å²) in [4.78, 5) is 11.6. The van der Waals surface area contributed by atoms with E-state index in [0.29, 0.717) is 0 Å². The fraction of sp³-hybridized carbons (Fsp3) is 0.714. The van der Waals surface area contributed by atoms with Gasteiger partial charge >= 0.3 is 0 Å². The number of rotatable bonds is 5. The smallest absolute Gasteiger partial charge is 0.227 e. The first-order chi connectivity index (χ1) is 8.85. The van der Waals surface area contributed by atoms with E-state index in [1.165, 1.54) is 0 Å². The number of hydrogen-bond donors (Lipinski definition) is 1. The first-order valence-corrected chi connectivity index (χ1v) is 7.71. The van der Waals surface area contributed by atoms with Crippen LogP contribution in [0, 0.1) is 0 Å². The number of nitrogens with zero attached hydrogens (tertiary/aromatic N) is 3. The monoisotopic (exact) mass is 328 g/mol. The highest BCUT2D eigenvalue weighted by molar-refractivity contribution is 9.10. The largest absolute Gasteiger partial charge is 0.369 e. The molecule has 0 amide bonds. The van der Waals surface area contributed by atoms with Crippen LogP contribution < -0.4 is 10.2 Å². The maximum Gasteiger partial charge on any atom is 0.227 e. The second-order valence-electron chi connectivity index (χ2n) is 5.49. The minimum atomic E-state index is -0.0200. The van der Waals surface area contributed by atoms with Gasteiger partial charge in [0.15, 0.2) is 0 Å². The van der Waals surface area contributed by atoms with Gasteiger partial charge in [0, 0.05) is 25.0 Å². The van der Waals surface area contributed by atoms with E-state index < -0.39 is 0 Å². The van der Waals surface area contributed by atoms with Crippen molar-refractivity contribution in [2.24, 2.45) is 0 Å². The summed E-state index contributed by atoms with van der Waals surface area (Å²) in [5.74, 6) is 1.68. The van der Waals surface area contributed by atoms with Gasteiger partial charge in [0.05, 0.1) is 10.2 Å². The third kappa shape index (κ3) is 3.81. The molecule has 0 aliphatic rings. The fourth-order valence-corrected chi connectivity index (χ4v) is 2.78. The number of halogens is 1. The summed E-state index contributed by atoms with van der Waals surface area (Å²) in [7, 11) is 0. The number of anilines is 2. The average Bonchev–Trinajstić information content (AvgIpc) is 2.33. The van der Waals surface area contributed by atoms with Crippen molar-refractivity contribution in [3.8, 4) is 0 Å². The normalized spacial score (nSPS) is 11.5. The predicted octanol–water partition coefficient (Wildman–Crippen LogP) is 3.81. The van der Waals surface area contributed by atoms with Gasteiger partial charge in [-0.25, -0.2) is 4.98 Å². The van der Waals surface area contributed by atoms with Crippen LogP contribution in [0.2, 0.25) is 0 Å². The maximum atomic E-state index is 4.76. The Balaban J connectivity index is 3.38. The lowest BCUT2D eigenvalue weighted by atomic mass is 9.92. The second-order valence-corrected chi connectivity index (χ2v) is 6.28. The van der Waals surface area contributed by atoms with Crippen LogP contribution in [0.5, 0.6) is 0 Å². The molecule has 0 saturated carbocycles. The molecule has 0 radical (unpaired) electrons. The highest BCUT2D eigenvalue weighted by atomic mass is 79.9. The molecule has 0 aliphatic carbocycles. The Kier molecular flexibility index (Phi) is 5.59. The molecule has 0 spiro atoms. The Morgan fingerprint density at radius 3 is 2.11 bits per heavy atom. The van der Waals surface area contributed by atoms with Crippen LogP contribution >= 0.6 is 15.9 Å². The second kappa shape index (κ2) is 6.55. The van der Waals surface area contributed by atoms with Crippen LogP contribution in [0.4, 0.5) is 11.8 Å². The van der Waals surface area contributed by atoms with Crippen molar-refractivity contribution in [2.75, 3.05) is 29.9 Å². The third-order valence-corrected chi connectivity index (χ3v) is 3.69. The first-order valence-electron chi connectivity index (χ1n) is 6.91. The van der Waals surface area contributed by atoms with Gasteiger partial charge < -0.3 is 10.2 Å². The minimum absolute atomic E-state index is 0.0200. The van der Waals surface area contributed by atoms with Crippen LogP contribution in [0.25, 0.3) is 0 Å². The molecule has 0 bridgehead atoms. The summed E-state index contributed by atoms with van der Waals surface area (Å²) in [6.07, 6.45) is 0. The van der Waals surface area contributed by atoms with E-state index in [4.69, 9.17) is 4.98 Å². The van der Waals surface area contributed by atoms with Gasteiger partial charge in [0.25, 0.3) is 0 Å². The molecule has 0 fully saturated rings. The highest BCUT2D eigenvalue weighted by Gasteiger charge is 2.24. The Labute approximate surface area is 125 Å². The fourth-order valence-electron chi connectivity index (χ4n) is 1.86. The summed E-state index contributed by atoms with van der Waals surface area (Å²) in [6, 6.07) is 0. The lowest BCUT2D eigenvalue weighted by Gasteiger charge is -2.25. The predicted molar refractivity (Wildman–Crippen MR) is 86.2 cm³/mol. The van der Waals surface area contributed by atoms with Crippen LogP contribution in [0.3, 0.4) is 0 Å². The molecule has 0 saturated heterocycles. The maximum absolute atomic E-state index is 4.76. The third-order valence-electron chi connectivity index (χ3n) is 2.94. The summed E-state index contributed by atoms with van der Waals surface area (Å²) in [5.41, 5.74) is 1.02. The molecule has 1 aromatic rings. The molecule has 0 aliphatic heterocycles. The molecule has 1 N–H and O–H groups in total. The van der Waals surface area contributed by atoms with E-state index in [9.17, 15) is 0 Å². The van der Waals surface area contributed by atoms with Crippen molar-refractivity contribution in [2.45, 2.75) is 47.0 Å². The van der Waals surface area contributed by atoms with E-state index in [2.05, 4.69) is 72.7 Å². The molecule has 0 aromatic carbocycles. The van der Waals surface area contributed by atoms with E-state index in [1.54, 1.807) is 0 Å². The van der Waals surface area contributed by atoms with Gasteiger partial charge in [0.2, 0.25) is 5.95 Å². The van der Waals surface area contributed by atoms with E-state index in [1.807, 2.05) is 0 Å². The Morgan fingerprint density at radius 1 is 1.11 bits per heavy atom.